The summed E-state index contributed by atoms with van der Waals surface area (Å²) >= 11 is 0. The maximum Gasteiger partial charge on any atom is 0.224 e. The monoisotopic (exact) mass is 265 g/mol. The molecule has 5 heteroatoms. The molecule has 1 aromatic rings. The number of aliphatic hydroxyl groups is 1. The number of aryl methyl sites for hydroxylation is 1. The molecule has 0 atom stereocenters. The van der Waals surface area contributed by atoms with Gasteiger partial charge in [-0.25, -0.2) is 0 Å². The Morgan fingerprint density at radius 2 is 2.16 bits per heavy atom. The predicted molar refractivity (Wildman–Crippen MR) is 78.0 cm³/mol. The molecule has 0 saturated carbocycles. The Morgan fingerprint density at radius 3 is 2.84 bits per heavy atom. The topological polar surface area (TPSA) is 78.6 Å². The Hall–Kier alpha value is -1.59. The third-order valence-corrected chi connectivity index (χ3v) is 2.96. The van der Waals surface area contributed by atoms with Crippen LogP contribution in [0.15, 0.2) is 18.2 Å². The highest BCUT2D eigenvalue weighted by Gasteiger charge is 2.06. The lowest BCUT2D eigenvalue weighted by Crippen LogP contribution is -2.24. The van der Waals surface area contributed by atoms with Gasteiger partial charge in [0.25, 0.3) is 0 Å². The number of carbonyl (C=O) groups is 1. The van der Waals surface area contributed by atoms with Crippen LogP contribution in [0.25, 0.3) is 0 Å². The molecule has 1 rings (SSSR count). The highest BCUT2D eigenvalue weighted by atomic mass is 16.3. The summed E-state index contributed by atoms with van der Waals surface area (Å²) in [4.78, 5) is 13.8. The van der Waals surface area contributed by atoms with Gasteiger partial charge in [-0.05, 0) is 44.6 Å². The van der Waals surface area contributed by atoms with Crippen LogP contribution in [-0.4, -0.2) is 42.7 Å². The number of hydrogen-bond acceptors (Lipinski definition) is 4. The molecule has 1 aromatic carbocycles. The Labute approximate surface area is 114 Å². The predicted octanol–water partition coefficient (Wildman–Crippen LogP) is 1.22. The van der Waals surface area contributed by atoms with Crippen LogP contribution in [0.1, 0.15) is 18.4 Å². The minimum Gasteiger partial charge on any atom is -0.399 e. The number of nitrogen functional groups attached to an aromatic ring is 1. The number of likely N-dealkylation sites (N-methyl/N-ethyl adjacent to an activating group) is 1. The van der Waals surface area contributed by atoms with E-state index in [2.05, 4.69) is 5.32 Å². The van der Waals surface area contributed by atoms with Crippen molar-refractivity contribution in [2.75, 3.05) is 37.8 Å². The van der Waals surface area contributed by atoms with E-state index in [0.29, 0.717) is 18.7 Å². The van der Waals surface area contributed by atoms with E-state index in [9.17, 15) is 4.79 Å². The molecule has 0 aliphatic rings. The van der Waals surface area contributed by atoms with Crippen molar-refractivity contribution >= 4 is 17.3 Å². The molecule has 0 aliphatic carbocycles. The number of anilines is 2. The van der Waals surface area contributed by atoms with E-state index < -0.39 is 0 Å². The van der Waals surface area contributed by atoms with Gasteiger partial charge in [-0.2, -0.15) is 0 Å². The van der Waals surface area contributed by atoms with Gasteiger partial charge in [0.1, 0.15) is 0 Å². The molecule has 0 spiro atoms. The number of nitrogens with zero attached hydrogens (tertiary/aromatic N) is 1. The first-order chi connectivity index (χ1) is 9.02. The minimum absolute atomic E-state index is 0.00824. The van der Waals surface area contributed by atoms with Crippen LogP contribution in [-0.2, 0) is 4.79 Å². The molecule has 0 aliphatic heterocycles. The molecular weight excluding hydrogens is 242 g/mol. The van der Waals surface area contributed by atoms with Gasteiger partial charge in [0, 0.05) is 24.3 Å². The van der Waals surface area contributed by atoms with Gasteiger partial charge in [-0.15, -0.1) is 0 Å². The first kappa shape index (κ1) is 15.5. The summed E-state index contributed by atoms with van der Waals surface area (Å²) in [5.41, 5.74) is 8.11. The van der Waals surface area contributed by atoms with Crippen LogP contribution in [0.2, 0.25) is 0 Å². The second-order valence-corrected chi connectivity index (χ2v) is 4.75. The molecular formula is C14H23N3O2. The van der Waals surface area contributed by atoms with Gasteiger partial charge in [0.2, 0.25) is 5.91 Å². The largest absolute Gasteiger partial charge is 0.399 e. The number of aliphatic hydroxyl groups excluding tert-OH is 1. The van der Waals surface area contributed by atoms with E-state index in [0.717, 1.165) is 24.2 Å². The fourth-order valence-electron chi connectivity index (χ4n) is 1.78. The lowest BCUT2D eigenvalue weighted by molar-refractivity contribution is -0.116. The van der Waals surface area contributed by atoms with Gasteiger partial charge >= 0.3 is 0 Å². The lowest BCUT2D eigenvalue weighted by atomic mass is 10.1. The summed E-state index contributed by atoms with van der Waals surface area (Å²) < 4.78 is 0. The van der Waals surface area contributed by atoms with Crippen molar-refractivity contribution in [3.8, 4) is 0 Å². The Morgan fingerprint density at radius 1 is 1.42 bits per heavy atom. The highest BCUT2D eigenvalue weighted by molar-refractivity contribution is 5.91. The number of hydrogen-bond donors (Lipinski definition) is 3. The van der Waals surface area contributed by atoms with Crippen molar-refractivity contribution in [2.24, 2.45) is 0 Å². The van der Waals surface area contributed by atoms with Gasteiger partial charge < -0.3 is 21.1 Å². The standard InChI is InChI=1S/C14H23N3O2/c1-11-5-6-12(15)10-13(11)16-14(19)4-3-7-17(2)8-9-18/h5-6,10,18H,3-4,7-9,15H2,1-2H3,(H,16,19). The second-order valence-electron chi connectivity index (χ2n) is 4.75. The van der Waals surface area contributed by atoms with E-state index in [-0.39, 0.29) is 12.5 Å². The van der Waals surface area contributed by atoms with Crippen LogP contribution in [0.5, 0.6) is 0 Å². The van der Waals surface area contributed by atoms with Crippen LogP contribution in [0.4, 0.5) is 11.4 Å². The molecule has 106 valence electrons. The summed E-state index contributed by atoms with van der Waals surface area (Å²) in [5, 5.41) is 11.6. The van der Waals surface area contributed by atoms with Crippen molar-refractivity contribution in [2.45, 2.75) is 19.8 Å². The average Bonchev–Trinajstić information content (AvgIpc) is 2.34. The zero-order valence-electron chi connectivity index (χ0n) is 11.6. The maximum atomic E-state index is 11.8. The van der Waals surface area contributed by atoms with Crippen molar-refractivity contribution in [3.63, 3.8) is 0 Å². The van der Waals surface area contributed by atoms with Crippen molar-refractivity contribution in [1.82, 2.24) is 4.90 Å². The normalized spacial score (nSPS) is 10.7. The number of benzene rings is 1. The molecule has 0 radical (unpaired) electrons. The summed E-state index contributed by atoms with van der Waals surface area (Å²) in [6.07, 6.45) is 1.23. The van der Waals surface area contributed by atoms with Crippen molar-refractivity contribution in [3.05, 3.63) is 23.8 Å². The fourth-order valence-corrected chi connectivity index (χ4v) is 1.78. The summed E-state index contributed by atoms with van der Waals surface area (Å²) in [7, 11) is 1.93. The van der Waals surface area contributed by atoms with E-state index in [1.54, 1.807) is 6.07 Å². The number of rotatable bonds is 7. The van der Waals surface area contributed by atoms with E-state index in [1.807, 2.05) is 31.0 Å². The molecule has 0 unspecified atom stereocenters. The molecule has 5 nitrogen and oxygen atoms in total. The molecule has 0 aromatic heterocycles. The van der Waals surface area contributed by atoms with Gasteiger partial charge in [-0.1, -0.05) is 6.07 Å². The van der Waals surface area contributed by atoms with E-state index >= 15 is 0 Å². The van der Waals surface area contributed by atoms with Gasteiger partial charge in [-0.3, -0.25) is 4.79 Å². The van der Waals surface area contributed by atoms with E-state index in [4.69, 9.17) is 10.8 Å². The first-order valence-corrected chi connectivity index (χ1v) is 6.48. The molecule has 19 heavy (non-hydrogen) atoms. The quantitative estimate of drug-likeness (QED) is 0.648. The lowest BCUT2D eigenvalue weighted by Gasteiger charge is -2.14. The SMILES string of the molecule is Cc1ccc(N)cc1NC(=O)CCCN(C)CCO. The molecule has 1 amide bonds. The maximum absolute atomic E-state index is 11.8. The number of amides is 1. The molecule has 0 saturated heterocycles. The molecule has 4 N–H and O–H groups in total. The second kappa shape index (κ2) is 7.76. The van der Waals surface area contributed by atoms with Crippen molar-refractivity contribution < 1.29 is 9.90 Å². The van der Waals surface area contributed by atoms with Crippen LogP contribution < -0.4 is 11.1 Å². The minimum atomic E-state index is -0.00824. The van der Waals surface area contributed by atoms with Crippen LogP contribution in [0, 0.1) is 6.92 Å². The Kier molecular flexibility index (Phi) is 6.32. The fraction of sp³-hybridized carbons (Fsp3) is 0.500. The first-order valence-electron chi connectivity index (χ1n) is 6.48. The smallest absolute Gasteiger partial charge is 0.224 e. The number of carbonyl (C=O) groups excluding carboxylic acids is 1. The zero-order chi connectivity index (χ0) is 14.3. The van der Waals surface area contributed by atoms with Gasteiger partial charge in [0.05, 0.1) is 6.61 Å². The third kappa shape index (κ3) is 5.72. The zero-order valence-corrected chi connectivity index (χ0v) is 11.6. The highest BCUT2D eigenvalue weighted by Crippen LogP contribution is 2.18. The summed E-state index contributed by atoms with van der Waals surface area (Å²) in [6, 6.07) is 5.47. The third-order valence-electron chi connectivity index (χ3n) is 2.96. The average molecular weight is 265 g/mol. The number of nitrogens with one attached hydrogen (secondary N) is 1. The van der Waals surface area contributed by atoms with Crippen molar-refractivity contribution in [1.29, 1.82) is 0 Å². The van der Waals surface area contributed by atoms with Crippen LogP contribution in [0.3, 0.4) is 0 Å². The number of nitrogens with two attached hydrogens (primary N) is 1. The Bertz CT molecular complexity index is 421. The molecule has 0 bridgehead atoms. The Balaban J connectivity index is 2.37. The van der Waals surface area contributed by atoms with Gasteiger partial charge in [0.15, 0.2) is 0 Å². The molecule has 0 heterocycles. The summed E-state index contributed by atoms with van der Waals surface area (Å²) in [5.74, 6) is -0.00824. The van der Waals surface area contributed by atoms with E-state index in [1.165, 1.54) is 0 Å². The molecule has 0 fully saturated rings. The summed E-state index contributed by atoms with van der Waals surface area (Å²) in [6.45, 7) is 3.51. The van der Waals surface area contributed by atoms with Crippen LogP contribution >= 0.6 is 0 Å².